The van der Waals surface area contributed by atoms with Crippen LogP contribution in [0, 0.1) is 5.82 Å². The quantitative estimate of drug-likeness (QED) is 0.445. The molecule has 0 saturated carbocycles. The molecule has 8 nitrogen and oxygen atoms in total. The summed E-state index contributed by atoms with van der Waals surface area (Å²) in [5, 5.41) is 8.97. The highest BCUT2D eigenvalue weighted by molar-refractivity contribution is 7.13. The summed E-state index contributed by atoms with van der Waals surface area (Å²) < 4.78 is 31.2. The lowest BCUT2D eigenvalue weighted by Crippen LogP contribution is -2.14. The number of rotatable bonds is 7. The lowest BCUT2D eigenvalue weighted by atomic mass is 10.2. The molecule has 0 unspecified atom stereocenters. The van der Waals surface area contributed by atoms with Gasteiger partial charge in [-0.05, 0) is 29.6 Å². The first-order valence-electron chi connectivity index (χ1n) is 9.42. The van der Waals surface area contributed by atoms with Crippen molar-refractivity contribution in [2.45, 2.75) is 0 Å². The summed E-state index contributed by atoms with van der Waals surface area (Å²) in [4.78, 5) is 18.2. The zero-order chi connectivity index (χ0) is 22.7. The number of methoxy groups -OCH3 is 3. The van der Waals surface area contributed by atoms with Crippen LogP contribution in [0.5, 0.6) is 17.2 Å². The van der Waals surface area contributed by atoms with Crippen molar-refractivity contribution in [2.75, 3.05) is 26.6 Å². The van der Waals surface area contributed by atoms with Crippen LogP contribution in [0.1, 0.15) is 10.6 Å². The fourth-order valence-electron chi connectivity index (χ4n) is 3.10. The van der Waals surface area contributed by atoms with Gasteiger partial charge in [-0.3, -0.25) is 4.79 Å². The van der Waals surface area contributed by atoms with Gasteiger partial charge >= 0.3 is 0 Å². The Morgan fingerprint density at radius 3 is 2.38 bits per heavy atom. The maximum atomic E-state index is 13.8. The molecule has 10 heteroatoms. The normalized spacial score (nSPS) is 10.6. The number of aromatic nitrogens is 3. The molecule has 0 spiro atoms. The number of thiophene rings is 1. The van der Waals surface area contributed by atoms with Gasteiger partial charge in [0.25, 0.3) is 5.91 Å². The number of carbonyl (C=O) groups is 1. The van der Waals surface area contributed by atoms with Crippen molar-refractivity contribution in [3.05, 3.63) is 65.6 Å². The molecule has 1 N–H and O–H groups in total. The van der Waals surface area contributed by atoms with Crippen molar-refractivity contribution in [3.8, 4) is 33.6 Å². The molecule has 1 amide bonds. The Balaban J connectivity index is 1.71. The van der Waals surface area contributed by atoms with E-state index in [-0.39, 0.29) is 5.82 Å². The number of halogens is 1. The van der Waals surface area contributed by atoms with Crippen LogP contribution in [-0.2, 0) is 0 Å². The van der Waals surface area contributed by atoms with Crippen molar-refractivity contribution < 1.29 is 23.4 Å². The lowest BCUT2D eigenvalue weighted by molar-refractivity contribution is 0.101. The molecule has 4 aromatic rings. The minimum absolute atomic E-state index is 0.0774. The number of nitrogens with zero attached hydrogens (tertiary/aromatic N) is 3. The fourth-order valence-corrected chi connectivity index (χ4v) is 3.80. The molecule has 2 aromatic heterocycles. The average Bonchev–Trinajstić information content (AvgIpc) is 3.48. The Labute approximate surface area is 187 Å². The number of hydrogen-bond donors (Lipinski definition) is 1. The molecule has 0 bridgehead atoms. The summed E-state index contributed by atoms with van der Waals surface area (Å²) in [5.41, 5.74) is 0.858. The van der Waals surface area contributed by atoms with Crippen molar-refractivity contribution >= 4 is 22.9 Å². The van der Waals surface area contributed by atoms with E-state index in [0.717, 1.165) is 4.88 Å². The highest BCUT2D eigenvalue weighted by atomic mass is 32.1. The van der Waals surface area contributed by atoms with E-state index in [1.54, 1.807) is 24.3 Å². The van der Waals surface area contributed by atoms with Crippen LogP contribution >= 0.6 is 11.3 Å². The molecular weight excluding hydrogens is 435 g/mol. The topological polar surface area (TPSA) is 87.5 Å². The second-order valence-corrected chi connectivity index (χ2v) is 7.44. The Morgan fingerprint density at radius 2 is 1.78 bits per heavy atom. The summed E-state index contributed by atoms with van der Waals surface area (Å²) in [5.74, 6) is 0.568. The van der Waals surface area contributed by atoms with Gasteiger partial charge in [-0.2, -0.15) is 0 Å². The minimum Gasteiger partial charge on any atom is -0.493 e. The van der Waals surface area contributed by atoms with Crippen molar-refractivity contribution in [1.29, 1.82) is 0 Å². The third kappa shape index (κ3) is 4.12. The number of benzene rings is 2. The Bertz CT molecular complexity index is 1230. The van der Waals surface area contributed by atoms with E-state index in [4.69, 9.17) is 14.2 Å². The second kappa shape index (κ2) is 9.06. The number of carbonyl (C=O) groups excluding carboxylic acids is 1. The maximum Gasteiger partial charge on any atom is 0.295 e. The van der Waals surface area contributed by atoms with Gasteiger partial charge in [0.1, 0.15) is 5.82 Å². The van der Waals surface area contributed by atoms with Gasteiger partial charge in [0.15, 0.2) is 17.3 Å². The fraction of sp³-hybridized carbons (Fsp3) is 0.136. The molecule has 0 aliphatic heterocycles. The lowest BCUT2D eigenvalue weighted by Gasteiger charge is -2.14. The van der Waals surface area contributed by atoms with Crippen LogP contribution in [0.4, 0.5) is 10.1 Å². The van der Waals surface area contributed by atoms with Gasteiger partial charge in [0, 0.05) is 17.8 Å². The van der Waals surface area contributed by atoms with E-state index in [0.29, 0.717) is 34.4 Å². The summed E-state index contributed by atoms with van der Waals surface area (Å²) in [6, 6.07) is 12.8. The third-order valence-electron chi connectivity index (χ3n) is 4.53. The van der Waals surface area contributed by atoms with Crippen LogP contribution in [-0.4, -0.2) is 42.0 Å². The van der Waals surface area contributed by atoms with Crippen LogP contribution < -0.4 is 19.5 Å². The molecule has 32 heavy (non-hydrogen) atoms. The van der Waals surface area contributed by atoms with Gasteiger partial charge in [0.2, 0.25) is 11.6 Å². The standard InChI is InChI=1S/C22H19FN4O4S/c1-29-16-11-14(12-17(30-2)19(16)31-3)24-22(28)20-25-21(18-8-5-9-32-18)27(26-20)15-7-4-6-13(23)10-15/h4-12H,1-3H3,(H,24,28). The molecule has 2 aromatic carbocycles. The van der Waals surface area contributed by atoms with Crippen molar-refractivity contribution in [1.82, 2.24) is 14.8 Å². The summed E-state index contributed by atoms with van der Waals surface area (Å²) in [6.45, 7) is 0. The largest absolute Gasteiger partial charge is 0.493 e. The molecule has 0 saturated heterocycles. The first-order valence-corrected chi connectivity index (χ1v) is 10.3. The van der Waals surface area contributed by atoms with Crippen LogP contribution in [0.3, 0.4) is 0 Å². The molecule has 0 atom stereocenters. The summed E-state index contributed by atoms with van der Waals surface area (Å²) in [7, 11) is 4.46. The first kappa shape index (κ1) is 21.3. The average molecular weight is 454 g/mol. The highest BCUT2D eigenvalue weighted by Crippen LogP contribution is 2.40. The number of amides is 1. The summed E-state index contributed by atoms with van der Waals surface area (Å²) >= 11 is 1.44. The van der Waals surface area contributed by atoms with Gasteiger partial charge in [-0.1, -0.05) is 12.1 Å². The highest BCUT2D eigenvalue weighted by Gasteiger charge is 2.21. The van der Waals surface area contributed by atoms with E-state index in [9.17, 15) is 9.18 Å². The van der Waals surface area contributed by atoms with Crippen LogP contribution in [0.25, 0.3) is 16.4 Å². The number of anilines is 1. The second-order valence-electron chi connectivity index (χ2n) is 6.50. The number of ether oxygens (including phenoxy) is 3. The van der Waals surface area contributed by atoms with Gasteiger partial charge in [0.05, 0.1) is 31.9 Å². The van der Waals surface area contributed by atoms with Crippen LogP contribution in [0.15, 0.2) is 53.9 Å². The van der Waals surface area contributed by atoms with E-state index in [1.165, 1.54) is 49.5 Å². The number of hydrogen-bond acceptors (Lipinski definition) is 7. The molecular formula is C22H19FN4O4S. The monoisotopic (exact) mass is 454 g/mol. The van der Waals surface area contributed by atoms with E-state index in [1.807, 2.05) is 17.5 Å². The SMILES string of the molecule is COc1cc(NC(=O)c2nc(-c3cccs3)n(-c3cccc(F)c3)n2)cc(OC)c1OC. The van der Waals surface area contributed by atoms with Gasteiger partial charge in [-0.15, -0.1) is 16.4 Å². The predicted octanol–water partition coefficient (Wildman–Crippen LogP) is 4.41. The molecule has 0 aliphatic carbocycles. The minimum atomic E-state index is -0.549. The Morgan fingerprint density at radius 1 is 1.03 bits per heavy atom. The molecule has 4 rings (SSSR count). The zero-order valence-corrected chi connectivity index (χ0v) is 18.3. The van der Waals surface area contributed by atoms with E-state index < -0.39 is 11.7 Å². The van der Waals surface area contributed by atoms with Crippen LogP contribution in [0.2, 0.25) is 0 Å². The van der Waals surface area contributed by atoms with Gasteiger partial charge in [-0.25, -0.2) is 14.1 Å². The van der Waals surface area contributed by atoms with Crippen molar-refractivity contribution in [2.24, 2.45) is 0 Å². The van der Waals surface area contributed by atoms with Gasteiger partial charge < -0.3 is 19.5 Å². The zero-order valence-electron chi connectivity index (χ0n) is 17.5. The van der Waals surface area contributed by atoms with E-state index in [2.05, 4.69) is 15.4 Å². The Hall–Kier alpha value is -3.92. The molecule has 0 aliphatic rings. The molecule has 164 valence electrons. The molecule has 0 fully saturated rings. The van der Waals surface area contributed by atoms with Crippen molar-refractivity contribution in [3.63, 3.8) is 0 Å². The van der Waals surface area contributed by atoms with E-state index >= 15 is 0 Å². The third-order valence-corrected chi connectivity index (χ3v) is 5.39. The molecule has 2 heterocycles. The number of nitrogens with one attached hydrogen (secondary N) is 1. The Kier molecular flexibility index (Phi) is 6.04. The molecule has 0 radical (unpaired) electrons. The predicted molar refractivity (Wildman–Crippen MR) is 119 cm³/mol. The smallest absolute Gasteiger partial charge is 0.295 e. The maximum absolute atomic E-state index is 13.8. The first-order chi connectivity index (χ1) is 15.5. The summed E-state index contributed by atoms with van der Waals surface area (Å²) in [6.07, 6.45) is 0.